The van der Waals surface area contributed by atoms with Gasteiger partial charge in [-0.25, -0.2) is 0 Å². The maximum absolute atomic E-state index is 8.49. The van der Waals surface area contributed by atoms with Crippen LogP contribution in [-0.2, 0) is 4.84 Å². The first-order valence-corrected chi connectivity index (χ1v) is 3.55. The Morgan fingerprint density at radius 1 is 1.54 bits per heavy atom. The van der Waals surface area contributed by atoms with Gasteiger partial charge in [0.25, 0.3) is 0 Å². The summed E-state index contributed by atoms with van der Waals surface area (Å²) < 4.78 is 0. The van der Waals surface area contributed by atoms with Gasteiger partial charge >= 0.3 is 0 Å². The van der Waals surface area contributed by atoms with Crippen molar-refractivity contribution in [2.45, 2.75) is 26.4 Å². The summed E-state index contributed by atoms with van der Waals surface area (Å²) in [5.41, 5.74) is 4.36. The molecule has 0 bridgehead atoms. The lowest BCUT2D eigenvalue weighted by Gasteiger charge is -2.15. The number of oxime groups is 2. The first-order valence-electron chi connectivity index (χ1n) is 3.55. The van der Waals surface area contributed by atoms with E-state index in [-0.39, 0.29) is 11.5 Å². The first-order chi connectivity index (χ1) is 5.90. The van der Waals surface area contributed by atoms with Gasteiger partial charge in [0, 0.05) is 0 Å². The minimum Gasteiger partial charge on any atom is -0.409 e. The fourth-order valence-corrected chi connectivity index (χ4v) is 0.354. The van der Waals surface area contributed by atoms with Gasteiger partial charge in [-0.2, -0.15) is 5.26 Å². The average Bonchev–Trinajstić information content (AvgIpc) is 2.03. The summed E-state index contributed by atoms with van der Waals surface area (Å²) in [7, 11) is 0. The molecule has 0 saturated heterocycles. The minimum atomic E-state index is -0.516. The van der Waals surface area contributed by atoms with Gasteiger partial charge < -0.3 is 15.8 Å². The lowest BCUT2D eigenvalue weighted by molar-refractivity contribution is 0.00153. The number of nitriles is 1. The lowest BCUT2D eigenvalue weighted by atomic mass is 10.2. The van der Waals surface area contributed by atoms with E-state index in [1.54, 1.807) is 26.8 Å². The molecule has 0 unspecified atom stereocenters. The second-order valence-corrected chi connectivity index (χ2v) is 3.24. The van der Waals surface area contributed by atoms with Crippen LogP contribution in [0.2, 0.25) is 0 Å². The van der Waals surface area contributed by atoms with Crippen LogP contribution in [0, 0.1) is 11.3 Å². The molecule has 6 nitrogen and oxygen atoms in total. The summed E-state index contributed by atoms with van der Waals surface area (Å²) in [5.74, 6) is -0.369. The highest BCUT2D eigenvalue weighted by Gasteiger charge is 2.12. The van der Waals surface area contributed by atoms with Crippen molar-refractivity contribution < 1.29 is 10.0 Å². The Morgan fingerprint density at radius 3 is 2.38 bits per heavy atom. The summed E-state index contributed by atoms with van der Waals surface area (Å²) >= 11 is 0. The molecule has 0 aliphatic heterocycles. The van der Waals surface area contributed by atoms with Crippen LogP contribution < -0.4 is 5.73 Å². The smallest absolute Gasteiger partial charge is 0.224 e. The molecule has 0 aliphatic rings. The normalized spacial score (nSPS) is 13.7. The zero-order chi connectivity index (χ0) is 10.5. The van der Waals surface area contributed by atoms with Gasteiger partial charge in [0.05, 0.1) is 0 Å². The van der Waals surface area contributed by atoms with Crippen molar-refractivity contribution in [3.8, 4) is 6.07 Å². The van der Waals surface area contributed by atoms with Gasteiger partial charge in [-0.15, -0.1) is 0 Å². The minimum absolute atomic E-state index is 0.252. The molecule has 6 heteroatoms. The Balaban J connectivity index is 4.54. The molecule has 0 aromatic heterocycles. The molecule has 0 spiro atoms. The van der Waals surface area contributed by atoms with Crippen LogP contribution in [0.1, 0.15) is 20.8 Å². The SMILES string of the molecule is CC(C)(C)ON=C(C#N)C(N)=NO. The van der Waals surface area contributed by atoms with Crippen LogP contribution in [0.4, 0.5) is 0 Å². The van der Waals surface area contributed by atoms with E-state index in [0.29, 0.717) is 0 Å². The van der Waals surface area contributed by atoms with E-state index in [2.05, 4.69) is 10.3 Å². The van der Waals surface area contributed by atoms with Crippen LogP contribution >= 0.6 is 0 Å². The molecule has 0 aromatic rings. The third-order valence-electron chi connectivity index (χ3n) is 0.867. The molecule has 0 heterocycles. The zero-order valence-electron chi connectivity index (χ0n) is 7.77. The van der Waals surface area contributed by atoms with Gasteiger partial charge in [0.2, 0.25) is 11.5 Å². The Morgan fingerprint density at radius 2 is 2.08 bits per heavy atom. The van der Waals surface area contributed by atoms with E-state index >= 15 is 0 Å². The molecular formula is C7H12N4O2. The van der Waals surface area contributed by atoms with Gasteiger partial charge in [0.1, 0.15) is 11.7 Å². The van der Waals surface area contributed by atoms with E-state index in [4.69, 9.17) is 21.0 Å². The molecule has 0 rings (SSSR count). The van der Waals surface area contributed by atoms with E-state index in [0.717, 1.165) is 0 Å². The molecule has 0 atom stereocenters. The second kappa shape index (κ2) is 4.30. The quantitative estimate of drug-likeness (QED) is 0.281. The number of hydrogen-bond donors (Lipinski definition) is 2. The first kappa shape index (κ1) is 11.2. The standard InChI is InChI=1S/C7H12N4O2/c1-7(2,3)13-11-5(4-8)6(9)10-12/h12H,1-3H3,(H2,9,10). The monoisotopic (exact) mass is 184 g/mol. The largest absolute Gasteiger partial charge is 0.409 e. The topological polar surface area (TPSA) is 104 Å². The molecule has 0 saturated carbocycles. The highest BCUT2D eigenvalue weighted by molar-refractivity contribution is 6.46. The van der Waals surface area contributed by atoms with Crippen molar-refractivity contribution in [3.05, 3.63) is 0 Å². The Bertz CT molecular complexity index is 269. The third-order valence-corrected chi connectivity index (χ3v) is 0.867. The van der Waals surface area contributed by atoms with Crippen molar-refractivity contribution in [1.82, 2.24) is 0 Å². The molecule has 72 valence electrons. The van der Waals surface area contributed by atoms with Crippen LogP contribution in [0.3, 0.4) is 0 Å². The van der Waals surface area contributed by atoms with Gasteiger partial charge in [0.15, 0.2) is 0 Å². The zero-order valence-corrected chi connectivity index (χ0v) is 7.77. The molecule has 0 radical (unpaired) electrons. The third kappa shape index (κ3) is 4.63. The summed E-state index contributed by atoms with van der Waals surface area (Å²) in [6.45, 7) is 5.29. The highest BCUT2D eigenvalue weighted by Crippen LogP contribution is 2.06. The Labute approximate surface area is 76.3 Å². The summed E-state index contributed by atoms with van der Waals surface area (Å²) in [6, 6.07) is 1.63. The number of amidine groups is 1. The van der Waals surface area contributed by atoms with Crippen molar-refractivity contribution in [2.24, 2.45) is 16.0 Å². The summed E-state index contributed by atoms with van der Waals surface area (Å²) in [6.07, 6.45) is 0. The predicted octanol–water partition coefficient (Wildman–Crippen LogP) is 0.427. The summed E-state index contributed by atoms with van der Waals surface area (Å²) in [4.78, 5) is 4.90. The van der Waals surface area contributed by atoms with Crippen LogP contribution in [-0.4, -0.2) is 22.4 Å². The van der Waals surface area contributed by atoms with Gasteiger partial charge in [-0.05, 0) is 20.8 Å². The Hall–Kier alpha value is -1.77. The maximum atomic E-state index is 8.49. The molecule has 0 aliphatic carbocycles. The molecule has 0 amide bonds. The van der Waals surface area contributed by atoms with Crippen molar-refractivity contribution in [2.75, 3.05) is 0 Å². The molecule has 3 N–H and O–H groups in total. The molecule has 13 heavy (non-hydrogen) atoms. The fourth-order valence-electron chi connectivity index (χ4n) is 0.354. The van der Waals surface area contributed by atoms with E-state index < -0.39 is 5.60 Å². The number of nitrogens with zero attached hydrogens (tertiary/aromatic N) is 3. The average molecular weight is 184 g/mol. The maximum Gasteiger partial charge on any atom is 0.224 e. The van der Waals surface area contributed by atoms with Gasteiger partial charge in [-0.1, -0.05) is 10.3 Å². The fraction of sp³-hybridized carbons (Fsp3) is 0.571. The van der Waals surface area contributed by atoms with E-state index in [1.807, 2.05) is 0 Å². The van der Waals surface area contributed by atoms with Crippen molar-refractivity contribution in [1.29, 1.82) is 5.26 Å². The number of nitrogens with two attached hydrogens (primary N) is 1. The lowest BCUT2D eigenvalue weighted by Crippen LogP contribution is -2.25. The van der Waals surface area contributed by atoms with E-state index in [9.17, 15) is 0 Å². The van der Waals surface area contributed by atoms with Crippen LogP contribution in [0.25, 0.3) is 0 Å². The molecule has 0 aromatic carbocycles. The predicted molar refractivity (Wildman–Crippen MR) is 47.3 cm³/mol. The number of rotatable bonds is 2. The van der Waals surface area contributed by atoms with Crippen molar-refractivity contribution >= 4 is 11.5 Å². The number of hydrogen-bond acceptors (Lipinski definition) is 5. The molecule has 0 fully saturated rings. The van der Waals surface area contributed by atoms with Gasteiger partial charge in [-0.3, -0.25) is 0 Å². The highest BCUT2D eigenvalue weighted by atomic mass is 16.6. The van der Waals surface area contributed by atoms with Crippen LogP contribution in [0.5, 0.6) is 0 Å². The summed E-state index contributed by atoms with van der Waals surface area (Å²) in [5, 5.41) is 22.8. The van der Waals surface area contributed by atoms with E-state index in [1.165, 1.54) is 0 Å². The molecular weight excluding hydrogens is 172 g/mol. The Kier molecular flexibility index (Phi) is 3.72. The van der Waals surface area contributed by atoms with Crippen LogP contribution in [0.15, 0.2) is 10.3 Å². The van der Waals surface area contributed by atoms with Crippen molar-refractivity contribution in [3.63, 3.8) is 0 Å². The second-order valence-electron chi connectivity index (χ2n) is 3.24.